The van der Waals surface area contributed by atoms with Crippen LogP contribution in [0, 0.1) is 0 Å². The quantitative estimate of drug-likeness (QED) is 0.581. The van der Waals surface area contributed by atoms with Gasteiger partial charge in [-0.3, -0.25) is 0 Å². The van der Waals surface area contributed by atoms with Gasteiger partial charge >= 0.3 is 11.9 Å². The van der Waals surface area contributed by atoms with Gasteiger partial charge in [0.15, 0.2) is 0 Å². The van der Waals surface area contributed by atoms with E-state index in [2.05, 4.69) is 5.32 Å². The van der Waals surface area contributed by atoms with Crippen LogP contribution in [0.25, 0.3) is 0 Å². The Kier molecular flexibility index (Phi) is 3.84. The number of aromatic carboxylic acids is 2. The van der Waals surface area contributed by atoms with Crippen LogP contribution in [-0.4, -0.2) is 40.4 Å². The maximum Gasteiger partial charge on any atom is 0.337 e. The molecule has 0 heterocycles. The molecule has 1 aromatic carbocycles. The molecule has 0 saturated heterocycles. The highest BCUT2D eigenvalue weighted by atomic mass is 16.4. The van der Waals surface area contributed by atoms with Crippen molar-refractivity contribution < 1.29 is 24.9 Å². The molecule has 0 aliphatic rings. The summed E-state index contributed by atoms with van der Waals surface area (Å²) in [4.78, 5) is 21.5. The lowest BCUT2D eigenvalue weighted by molar-refractivity contribution is 0.0682. The first-order valence-corrected chi connectivity index (χ1v) is 4.51. The molecule has 0 bridgehead atoms. The summed E-state index contributed by atoms with van der Waals surface area (Å²) in [6.07, 6.45) is 0. The molecule has 16 heavy (non-hydrogen) atoms. The number of hydrogen-bond acceptors (Lipinski definition) is 4. The highest BCUT2D eigenvalue weighted by molar-refractivity contribution is 5.97. The number of hydrogen-bond donors (Lipinski definition) is 4. The Morgan fingerprint density at radius 2 is 1.88 bits per heavy atom. The van der Waals surface area contributed by atoms with Gasteiger partial charge in [-0.2, -0.15) is 0 Å². The predicted molar refractivity (Wildman–Crippen MR) is 55.9 cm³/mol. The van der Waals surface area contributed by atoms with Gasteiger partial charge in [-0.1, -0.05) is 0 Å². The van der Waals surface area contributed by atoms with Gasteiger partial charge in [-0.05, 0) is 18.2 Å². The van der Waals surface area contributed by atoms with Crippen molar-refractivity contribution in [2.24, 2.45) is 0 Å². The fourth-order valence-electron chi connectivity index (χ4n) is 1.20. The van der Waals surface area contributed by atoms with Gasteiger partial charge in [0.1, 0.15) is 0 Å². The second-order valence-electron chi connectivity index (χ2n) is 3.02. The third-order valence-electron chi connectivity index (χ3n) is 1.92. The van der Waals surface area contributed by atoms with Crippen molar-refractivity contribution in [3.05, 3.63) is 29.3 Å². The number of benzene rings is 1. The lowest BCUT2D eigenvalue weighted by Crippen LogP contribution is -2.11. The number of rotatable bonds is 5. The molecule has 6 nitrogen and oxygen atoms in total. The van der Waals surface area contributed by atoms with Crippen molar-refractivity contribution in [1.82, 2.24) is 0 Å². The van der Waals surface area contributed by atoms with Gasteiger partial charge in [-0.15, -0.1) is 0 Å². The van der Waals surface area contributed by atoms with Crippen LogP contribution in [0.15, 0.2) is 18.2 Å². The van der Waals surface area contributed by atoms with E-state index in [0.29, 0.717) is 0 Å². The summed E-state index contributed by atoms with van der Waals surface area (Å²) in [5.74, 6) is -2.29. The number of nitrogens with one attached hydrogen (secondary N) is 1. The number of aliphatic hydroxyl groups is 1. The summed E-state index contributed by atoms with van der Waals surface area (Å²) >= 11 is 0. The Morgan fingerprint density at radius 3 is 2.38 bits per heavy atom. The van der Waals surface area contributed by atoms with Gasteiger partial charge in [-0.25, -0.2) is 9.59 Å². The van der Waals surface area contributed by atoms with Crippen LogP contribution in [0.3, 0.4) is 0 Å². The average Bonchev–Trinajstić information content (AvgIpc) is 2.25. The van der Waals surface area contributed by atoms with Crippen molar-refractivity contribution in [1.29, 1.82) is 0 Å². The van der Waals surface area contributed by atoms with Crippen molar-refractivity contribution in [2.75, 3.05) is 18.5 Å². The van der Waals surface area contributed by atoms with Crippen molar-refractivity contribution in [3.63, 3.8) is 0 Å². The average molecular weight is 225 g/mol. The van der Waals surface area contributed by atoms with E-state index in [1.165, 1.54) is 18.2 Å². The molecule has 0 aliphatic heterocycles. The second kappa shape index (κ2) is 5.13. The maximum absolute atomic E-state index is 10.8. The lowest BCUT2D eigenvalue weighted by atomic mass is 10.1. The first-order valence-electron chi connectivity index (χ1n) is 4.51. The minimum absolute atomic E-state index is 0.00885. The molecule has 0 fully saturated rings. The zero-order chi connectivity index (χ0) is 12.1. The summed E-state index contributed by atoms with van der Waals surface area (Å²) in [6, 6.07) is 3.66. The smallest absolute Gasteiger partial charge is 0.337 e. The highest BCUT2D eigenvalue weighted by Gasteiger charge is 2.12. The van der Waals surface area contributed by atoms with E-state index >= 15 is 0 Å². The van der Waals surface area contributed by atoms with E-state index < -0.39 is 11.9 Å². The fourth-order valence-corrected chi connectivity index (χ4v) is 1.20. The van der Waals surface area contributed by atoms with Crippen molar-refractivity contribution in [2.45, 2.75) is 0 Å². The number of carbonyl (C=O) groups is 2. The molecule has 0 amide bonds. The standard InChI is InChI=1S/C10H11NO5/c12-4-3-11-8-5-6(9(13)14)1-2-7(8)10(15)16/h1-2,5,11-12H,3-4H2,(H,13,14)(H,15,16). The van der Waals surface area contributed by atoms with E-state index in [1.54, 1.807) is 0 Å². The predicted octanol–water partition coefficient (Wildman–Crippen LogP) is 0.487. The summed E-state index contributed by atoms with van der Waals surface area (Å²) < 4.78 is 0. The minimum Gasteiger partial charge on any atom is -0.478 e. The SMILES string of the molecule is O=C(O)c1ccc(C(=O)O)c(NCCO)c1. The monoisotopic (exact) mass is 225 g/mol. The highest BCUT2D eigenvalue weighted by Crippen LogP contribution is 2.17. The van der Waals surface area contributed by atoms with E-state index in [-0.39, 0.29) is 30.0 Å². The molecule has 4 N–H and O–H groups in total. The van der Waals surface area contributed by atoms with Gasteiger partial charge in [0.05, 0.1) is 17.7 Å². The van der Waals surface area contributed by atoms with Crippen LogP contribution in [0.5, 0.6) is 0 Å². The Balaban J connectivity index is 3.10. The first kappa shape index (κ1) is 12.0. The van der Waals surface area contributed by atoms with Crippen LogP contribution in [-0.2, 0) is 0 Å². The molecule has 0 aliphatic carbocycles. The van der Waals surface area contributed by atoms with E-state index in [0.717, 1.165) is 0 Å². The molecule has 0 radical (unpaired) electrons. The van der Waals surface area contributed by atoms with E-state index in [9.17, 15) is 9.59 Å². The molecular weight excluding hydrogens is 214 g/mol. The van der Waals surface area contributed by atoms with Gasteiger partial charge in [0, 0.05) is 12.2 Å². The normalized spacial score (nSPS) is 9.81. The molecule has 0 aromatic heterocycles. The molecule has 0 saturated carbocycles. The summed E-state index contributed by atoms with van der Waals surface area (Å²) in [7, 11) is 0. The second-order valence-corrected chi connectivity index (χ2v) is 3.02. The fraction of sp³-hybridized carbons (Fsp3) is 0.200. The molecule has 0 unspecified atom stereocenters. The van der Waals surface area contributed by atoms with Gasteiger partial charge in [0.2, 0.25) is 0 Å². The molecule has 0 spiro atoms. The van der Waals surface area contributed by atoms with Crippen molar-refractivity contribution >= 4 is 17.6 Å². The number of anilines is 1. The third kappa shape index (κ3) is 2.71. The molecule has 1 rings (SSSR count). The van der Waals surface area contributed by atoms with Crippen LogP contribution in [0.1, 0.15) is 20.7 Å². The lowest BCUT2D eigenvalue weighted by Gasteiger charge is -2.09. The Labute approximate surface area is 91.1 Å². The Morgan fingerprint density at radius 1 is 1.19 bits per heavy atom. The minimum atomic E-state index is -1.16. The van der Waals surface area contributed by atoms with Crippen LogP contribution < -0.4 is 5.32 Å². The largest absolute Gasteiger partial charge is 0.478 e. The summed E-state index contributed by atoms with van der Waals surface area (Å²) in [5, 5.41) is 28.8. The Bertz CT molecular complexity index is 416. The zero-order valence-corrected chi connectivity index (χ0v) is 8.30. The van der Waals surface area contributed by atoms with Crippen LogP contribution >= 0.6 is 0 Å². The topological polar surface area (TPSA) is 107 Å². The number of carboxylic acid groups (broad SMARTS) is 2. The zero-order valence-electron chi connectivity index (χ0n) is 8.30. The molecule has 1 aromatic rings. The first-order chi connectivity index (χ1) is 7.56. The molecule has 0 atom stereocenters. The molecular formula is C10H11NO5. The van der Waals surface area contributed by atoms with Crippen LogP contribution in [0.4, 0.5) is 5.69 Å². The number of aliphatic hydroxyl groups excluding tert-OH is 1. The van der Waals surface area contributed by atoms with Crippen LogP contribution in [0.2, 0.25) is 0 Å². The summed E-state index contributed by atoms with van der Waals surface area (Å²) in [5.41, 5.74) is 0.144. The third-order valence-corrected chi connectivity index (χ3v) is 1.92. The van der Waals surface area contributed by atoms with Gasteiger partial charge < -0.3 is 20.6 Å². The molecule has 6 heteroatoms. The molecule has 86 valence electrons. The Hall–Kier alpha value is -2.08. The van der Waals surface area contributed by atoms with Gasteiger partial charge in [0.25, 0.3) is 0 Å². The summed E-state index contributed by atoms with van der Waals surface area (Å²) in [6.45, 7) is -0.0142. The number of carboxylic acids is 2. The van der Waals surface area contributed by atoms with Crippen molar-refractivity contribution in [3.8, 4) is 0 Å². The van der Waals surface area contributed by atoms with E-state index in [4.69, 9.17) is 15.3 Å². The van der Waals surface area contributed by atoms with E-state index in [1.807, 2.05) is 0 Å². The maximum atomic E-state index is 10.8.